The van der Waals surface area contributed by atoms with Crippen LogP contribution in [0.15, 0.2) is 18.3 Å². The highest BCUT2D eigenvalue weighted by atomic mass is 16.5. The van der Waals surface area contributed by atoms with E-state index >= 15 is 0 Å². The molecular formula is C18H25N3O3. The maximum absolute atomic E-state index is 11.9. The van der Waals surface area contributed by atoms with Crippen molar-refractivity contribution in [2.24, 2.45) is 5.92 Å². The standard InChI is InChI=1S/C18H25N3O3/c1-4-16(13(2)3)21-18(22)20-12-14-5-8-19-17(11-14)24-15-6-9-23-10-7-15/h1,5,8,11,13,15-16H,6-7,9-10,12H2,2-3H3,(H2,20,21,22)/t16-/m1/s1. The number of pyridine rings is 1. The number of ether oxygens (including phenoxy) is 2. The highest BCUT2D eigenvalue weighted by Crippen LogP contribution is 2.16. The van der Waals surface area contributed by atoms with Crippen LogP contribution in [-0.4, -0.2) is 36.4 Å². The van der Waals surface area contributed by atoms with Crippen molar-refractivity contribution >= 4 is 6.03 Å². The average Bonchev–Trinajstić information content (AvgIpc) is 2.59. The zero-order valence-electron chi connectivity index (χ0n) is 14.2. The predicted octanol–water partition coefficient (Wildman–Crippen LogP) is 2.10. The van der Waals surface area contributed by atoms with Gasteiger partial charge in [-0.2, -0.15) is 0 Å². The summed E-state index contributed by atoms with van der Waals surface area (Å²) < 4.78 is 11.2. The minimum atomic E-state index is -0.283. The van der Waals surface area contributed by atoms with Crippen molar-refractivity contribution in [1.82, 2.24) is 15.6 Å². The van der Waals surface area contributed by atoms with Gasteiger partial charge in [0.2, 0.25) is 5.88 Å². The average molecular weight is 331 g/mol. The monoisotopic (exact) mass is 331 g/mol. The molecule has 0 saturated carbocycles. The van der Waals surface area contributed by atoms with Crippen LogP contribution >= 0.6 is 0 Å². The minimum Gasteiger partial charge on any atom is -0.474 e. The van der Waals surface area contributed by atoms with Gasteiger partial charge in [-0.05, 0) is 17.5 Å². The number of nitrogens with zero attached hydrogens (tertiary/aromatic N) is 1. The summed E-state index contributed by atoms with van der Waals surface area (Å²) in [5, 5.41) is 5.57. The maximum atomic E-state index is 11.9. The number of rotatable bonds is 6. The van der Waals surface area contributed by atoms with Gasteiger partial charge in [-0.1, -0.05) is 19.8 Å². The summed E-state index contributed by atoms with van der Waals surface area (Å²) in [6, 6.07) is 3.12. The van der Waals surface area contributed by atoms with Crippen LogP contribution in [0.4, 0.5) is 4.79 Å². The third kappa shape index (κ3) is 5.74. The molecule has 130 valence electrons. The van der Waals surface area contributed by atoms with Crippen molar-refractivity contribution < 1.29 is 14.3 Å². The molecule has 1 aromatic heterocycles. The quantitative estimate of drug-likeness (QED) is 0.783. The molecule has 24 heavy (non-hydrogen) atoms. The molecule has 2 rings (SSSR count). The zero-order valence-corrected chi connectivity index (χ0v) is 14.2. The summed E-state index contributed by atoms with van der Waals surface area (Å²) >= 11 is 0. The molecule has 0 radical (unpaired) electrons. The van der Waals surface area contributed by atoms with Gasteiger partial charge >= 0.3 is 6.03 Å². The fourth-order valence-corrected chi connectivity index (χ4v) is 2.36. The van der Waals surface area contributed by atoms with Crippen LogP contribution in [0.5, 0.6) is 5.88 Å². The van der Waals surface area contributed by atoms with Gasteiger partial charge in [0.1, 0.15) is 6.10 Å². The Labute approximate surface area is 143 Å². The van der Waals surface area contributed by atoms with Crippen molar-refractivity contribution in [3.63, 3.8) is 0 Å². The highest BCUT2D eigenvalue weighted by molar-refractivity contribution is 5.74. The number of nitrogens with one attached hydrogen (secondary N) is 2. The minimum absolute atomic E-state index is 0.139. The van der Waals surface area contributed by atoms with E-state index in [-0.39, 0.29) is 24.1 Å². The number of carbonyl (C=O) groups is 1. The molecule has 1 atom stereocenters. The van der Waals surface area contributed by atoms with Gasteiger partial charge in [-0.25, -0.2) is 9.78 Å². The number of aromatic nitrogens is 1. The van der Waals surface area contributed by atoms with Crippen LogP contribution in [0.1, 0.15) is 32.3 Å². The molecule has 0 spiro atoms. The van der Waals surface area contributed by atoms with Crippen LogP contribution in [0.25, 0.3) is 0 Å². The van der Waals surface area contributed by atoms with Crippen molar-refractivity contribution in [1.29, 1.82) is 0 Å². The van der Waals surface area contributed by atoms with Crippen LogP contribution in [0.2, 0.25) is 0 Å². The molecule has 1 aliphatic rings. The molecule has 0 bridgehead atoms. The fraction of sp³-hybridized carbons (Fsp3) is 0.556. The zero-order chi connectivity index (χ0) is 17.4. The number of urea groups is 1. The van der Waals surface area contributed by atoms with E-state index in [9.17, 15) is 4.79 Å². The summed E-state index contributed by atoms with van der Waals surface area (Å²) in [6.45, 7) is 5.76. The lowest BCUT2D eigenvalue weighted by molar-refractivity contribution is 0.0237. The third-order valence-electron chi connectivity index (χ3n) is 3.84. The number of hydrogen-bond donors (Lipinski definition) is 2. The number of hydrogen-bond acceptors (Lipinski definition) is 4. The molecule has 2 heterocycles. The van der Waals surface area contributed by atoms with Crippen molar-refractivity contribution in [3.8, 4) is 18.2 Å². The molecule has 6 heteroatoms. The van der Waals surface area contributed by atoms with Gasteiger partial charge in [-0.15, -0.1) is 6.42 Å². The largest absolute Gasteiger partial charge is 0.474 e. The molecule has 0 aromatic carbocycles. The van der Waals surface area contributed by atoms with Crippen LogP contribution in [0.3, 0.4) is 0 Å². The lowest BCUT2D eigenvalue weighted by atomic mass is 10.1. The van der Waals surface area contributed by atoms with Crippen molar-refractivity contribution in [2.45, 2.75) is 45.4 Å². The normalized spacial score (nSPS) is 16.2. The number of carbonyl (C=O) groups excluding carboxylic acids is 1. The number of amides is 2. The van der Waals surface area contributed by atoms with Crippen LogP contribution < -0.4 is 15.4 Å². The molecule has 0 aliphatic carbocycles. The molecule has 2 amide bonds. The van der Waals surface area contributed by atoms with Crippen molar-refractivity contribution in [3.05, 3.63) is 23.9 Å². The summed E-state index contributed by atoms with van der Waals surface area (Å²) in [7, 11) is 0. The second kappa shape index (κ2) is 9.14. The van der Waals surface area contributed by atoms with Gasteiger partial charge < -0.3 is 20.1 Å². The Morgan fingerprint density at radius 3 is 2.92 bits per heavy atom. The Morgan fingerprint density at radius 1 is 1.50 bits per heavy atom. The van der Waals surface area contributed by atoms with E-state index in [1.807, 2.05) is 26.0 Å². The Morgan fingerprint density at radius 2 is 2.25 bits per heavy atom. The molecule has 1 aromatic rings. The highest BCUT2D eigenvalue weighted by Gasteiger charge is 2.16. The van der Waals surface area contributed by atoms with E-state index in [1.54, 1.807) is 6.20 Å². The van der Waals surface area contributed by atoms with E-state index in [0.717, 1.165) is 31.6 Å². The predicted molar refractivity (Wildman–Crippen MR) is 91.5 cm³/mol. The molecule has 6 nitrogen and oxygen atoms in total. The molecule has 2 N–H and O–H groups in total. The summed E-state index contributed by atoms with van der Waals surface area (Å²) in [5.74, 6) is 3.33. The SMILES string of the molecule is C#C[C@@H](NC(=O)NCc1ccnc(OC2CCOCC2)c1)C(C)C. The smallest absolute Gasteiger partial charge is 0.316 e. The summed E-state index contributed by atoms with van der Waals surface area (Å²) in [6.07, 6.45) is 8.97. The second-order valence-corrected chi connectivity index (χ2v) is 6.15. The molecule has 1 fully saturated rings. The Balaban J connectivity index is 1.83. The third-order valence-corrected chi connectivity index (χ3v) is 3.84. The Bertz CT molecular complexity index is 577. The second-order valence-electron chi connectivity index (χ2n) is 6.15. The van der Waals surface area contributed by atoms with E-state index in [0.29, 0.717) is 12.4 Å². The topological polar surface area (TPSA) is 72.5 Å². The number of terminal acetylenes is 1. The first-order valence-electron chi connectivity index (χ1n) is 8.28. The molecule has 0 unspecified atom stereocenters. The van der Waals surface area contributed by atoms with Gasteiger partial charge in [0.05, 0.1) is 19.3 Å². The first kappa shape index (κ1) is 18.1. The van der Waals surface area contributed by atoms with Crippen molar-refractivity contribution in [2.75, 3.05) is 13.2 Å². The van der Waals surface area contributed by atoms with Crippen LogP contribution in [-0.2, 0) is 11.3 Å². The Kier molecular flexibility index (Phi) is 6.89. The summed E-state index contributed by atoms with van der Waals surface area (Å²) in [5.41, 5.74) is 0.920. The van der Waals surface area contributed by atoms with E-state index in [4.69, 9.17) is 15.9 Å². The summed E-state index contributed by atoms with van der Waals surface area (Å²) in [4.78, 5) is 16.1. The van der Waals surface area contributed by atoms with Crippen LogP contribution in [0, 0.1) is 18.3 Å². The van der Waals surface area contributed by atoms with E-state index < -0.39 is 0 Å². The van der Waals surface area contributed by atoms with Gasteiger partial charge in [0, 0.05) is 31.6 Å². The lowest BCUT2D eigenvalue weighted by Crippen LogP contribution is -2.43. The molecule has 1 aliphatic heterocycles. The molecule has 1 saturated heterocycles. The Hall–Kier alpha value is -2.26. The first-order valence-corrected chi connectivity index (χ1v) is 8.28. The van der Waals surface area contributed by atoms with E-state index in [1.165, 1.54) is 0 Å². The molecular weight excluding hydrogens is 306 g/mol. The maximum Gasteiger partial charge on any atom is 0.316 e. The van der Waals surface area contributed by atoms with Gasteiger partial charge in [0.15, 0.2) is 0 Å². The van der Waals surface area contributed by atoms with Gasteiger partial charge in [0.25, 0.3) is 0 Å². The van der Waals surface area contributed by atoms with E-state index in [2.05, 4.69) is 21.5 Å². The van der Waals surface area contributed by atoms with Gasteiger partial charge in [-0.3, -0.25) is 0 Å². The lowest BCUT2D eigenvalue weighted by Gasteiger charge is -2.22. The fourth-order valence-electron chi connectivity index (χ4n) is 2.36. The first-order chi connectivity index (χ1) is 11.6.